The number of halogens is 3. The molecular formula is C20H25BrCl2MgOS2Zn. The fraction of sp³-hybridized carbons (Fsp3) is 0.400. The maximum Gasteiger partial charge on any atom is 2.00 e. The van der Waals surface area contributed by atoms with Crippen molar-refractivity contribution in [1.29, 1.82) is 0 Å². The number of allylic oxidation sites excluding steroid dienone is 2. The first-order valence-electron chi connectivity index (χ1n) is 8.33. The Kier molecular flexibility index (Phi) is 16.1. The minimum atomic E-state index is -0.931. The minimum Gasteiger partial charge on any atom is 2.00 e. The zero-order chi connectivity index (χ0) is 18.7. The van der Waals surface area contributed by atoms with E-state index < -0.39 is 15.1 Å². The first kappa shape index (κ1) is 31.4. The number of rotatable bonds is 0. The van der Waals surface area contributed by atoms with Gasteiger partial charge in [0.1, 0.15) is 0 Å². The Morgan fingerprint density at radius 1 is 0.929 bits per heavy atom. The topological polar surface area (TPSA) is 17.1 Å². The molecule has 2 aromatic rings. The molecule has 4 rings (SSSR count). The summed E-state index contributed by atoms with van der Waals surface area (Å²) in [6.45, 7) is 10.9. The van der Waals surface area contributed by atoms with Crippen LogP contribution in [0.5, 0.6) is 0 Å². The Morgan fingerprint density at radius 3 is 1.86 bits per heavy atom. The van der Waals surface area contributed by atoms with Crippen LogP contribution in [-0.2, 0) is 15.1 Å². The normalized spacial score (nSPS) is 20.7. The summed E-state index contributed by atoms with van der Waals surface area (Å²) < 4.78 is 0. The van der Waals surface area contributed by atoms with Crippen molar-refractivity contribution in [2.45, 2.75) is 46.5 Å². The molecule has 148 valence electrons. The van der Waals surface area contributed by atoms with Gasteiger partial charge in [-0.15, -0.1) is 22.7 Å². The van der Waals surface area contributed by atoms with Crippen LogP contribution in [-0.4, -0.2) is 28.8 Å². The predicted octanol–water partition coefficient (Wildman–Crippen LogP) is 4.79. The number of carbonyl (C=O) groups is 1. The van der Waals surface area contributed by atoms with Crippen molar-refractivity contribution in [3.63, 3.8) is 0 Å². The third-order valence-electron chi connectivity index (χ3n) is 5.32. The average molecular weight is 586 g/mol. The monoisotopic (exact) mass is 582 g/mol. The first-order valence-corrected chi connectivity index (χ1v) is 17.9. The number of Topliss-reactive ketones (excluding diaryl/α,β-unsaturated/α-hetero) is 1. The van der Waals surface area contributed by atoms with Crippen LogP contribution >= 0.6 is 42.1 Å². The third kappa shape index (κ3) is 6.63. The van der Waals surface area contributed by atoms with Crippen molar-refractivity contribution in [1.82, 2.24) is 0 Å². The molecule has 2 aliphatic rings. The van der Waals surface area contributed by atoms with E-state index in [1.165, 1.54) is 21.6 Å². The minimum absolute atomic E-state index is 0. The van der Waals surface area contributed by atoms with Gasteiger partial charge in [0.05, 0.1) is 4.88 Å². The van der Waals surface area contributed by atoms with Gasteiger partial charge in [-0.05, 0) is 59.4 Å². The molecule has 0 radical (unpaired) electrons. The van der Waals surface area contributed by atoms with Crippen molar-refractivity contribution in [2.75, 3.05) is 0 Å². The van der Waals surface area contributed by atoms with Gasteiger partial charge in [-0.3, -0.25) is 4.79 Å². The fourth-order valence-electron chi connectivity index (χ4n) is 3.28. The Morgan fingerprint density at radius 2 is 1.39 bits per heavy atom. The van der Waals surface area contributed by atoms with Gasteiger partial charge in [-0.25, -0.2) is 0 Å². The molecule has 0 aromatic carbocycles. The van der Waals surface area contributed by atoms with Gasteiger partial charge in [0, 0.05) is 16.7 Å². The molecule has 3 atom stereocenters. The zero-order valence-electron chi connectivity index (χ0n) is 17.3. The summed E-state index contributed by atoms with van der Waals surface area (Å²) in [6.07, 6.45) is 0. The Labute approximate surface area is 220 Å². The molecule has 0 aliphatic heterocycles. The summed E-state index contributed by atoms with van der Waals surface area (Å²) in [7, 11) is 9.90. The van der Waals surface area contributed by atoms with E-state index in [1.54, 1.807) is 16.9 Å². The smallest absolute Gasteiger partial charge is 2.00 e. The van der Waals surface area contributed by atoms with E-state index in [2.05, 4.69) is 45.2 Å². The van der Waals surface area contributed by atoms with Crippen LogP contribution in [0.15, 0.2) is 28.5 Å². The van der Waals surface area contributed by atoms with Crippen LogP contribution in [0.1, 0.15) is 72.1 Å². The molecule has 8 heteroatoms. The second-order valence-corrected chi connectivity index (χ2v) is 12.9. The third-order valence-corrected chi connectivity index (χ3v) is 7.31. The molecule has 0 saturated heterocycles. The Balaban J connectivity index is 0. The number of ketones is 1. The molecule has 0 N–H and O–H groups in total. The van der Waals surface area contributed by atoms with Gasteiger partial charge in [0.15, 0.2) is 5.78 Å². The van der Waals surface area contributed by atoms with Crippen LogP contribution in [0.2, 0.25) is 0 Å². The van der Waals surface area contributed by atoms with E-state index in [-0.39, 0.29) is 53.4 Å². The van der Waals surface area contributed by atoms with E-state index in [0.29, 0.717) is 17.6 Å². The molecule has 1 nitrogen and oxygen atoms in total. The van der Waals surface area contributed by atoms with Gasteiger partial charge >= 0.3 is 57.6 Å². The van der Waals surface area contributed by atoms with Gasteiger partial charge < -0.3 is 24.4 Å². The average Bonchev–Trinajstić information content (AvgIpc) is 3.33. The van der Waals surface area contributed by atoms with Crippen molar-refractivity contribution in [3.05, 3.63) is 56.8 Å². The second kappa shape index (κ2) is 14.3. The molecule has 0 spiro atoms. The molecule has 0 fully saturated rings. The number of fused-ring (bicyclic) bond motifs is 2. The van der Waals surface area contributed by atoms with Gasteiger partial charge in [0.2, 0.25) is 0 Å². The van der Waals surface area contributed by atoms with E-state index in [1.807, 2.05) is 23.6 Å². The van der Waals surface area contributed by atoms with Crippen LogP contribution < -0.4 is 17.0 Å². The fourth-order valence-corrected chi connectivity index (χ4v) is 5.40. The van der Waals surface area contributed by atoms with E-state index in [0.717, 1.165) is 4.88 Å². The summed E-state index contributed by atoms with van der Waals surface area (Å²) in [6, 6.07) is 4.33. The molecule has 0 bridgehead atoms. The molecule has 0 saturated carbocycles. The van der Waals surface area contributed by atoms with Crippen molar-refractivity contribution >= 4 is 76.5 Å². The van der Waals surface area contributed by atoms with E-state index in [4.69, 9.17) is 19.4 Å². The van der Waals surface area contributed by atoms with Crippen LogP contribution in [0.25, 0.3) is 5.57 Å². The first-order chi connectivity index (χ1) is 11.8. The summed E-state index contributed by atoms with van der Waals surface area (Å²) in [4.78, 5) is 14.0. The number of thiophene rings is 2. The van der Waals surface area contributed by atoms with E-state index in [9.17, 15) is 4.79 Å². The van der Waals surface area contributed by atoms with Crippen molar-refractivity contribution in [3.8, 4) is 0 Å². The summed E-state index contributed by atoms with van der Waals surface area (Å²) >= 11 is 2.52. The van der Waals surface area contributed by atoms with Crippen LogP contribution in [0, 0.1) is 13.3 Å². The second-order valence-electron chi connectivity index (χ2n) is 6.48. The SMILES string of the molecule is CC1=C(C)C(C)c2ccsc21.CC1C(=O)c2sccc2C1C.[Br-].[CH3-].[Cl][Zn][Cl].[Mg+2]. The molecule has 2 aromatic heterocycles. The van der Waals surface area contributed by atoms with Crippen LogP contribution in [0.4, 0.5) is 0 Å². The predicted molar refractivity (Wildman–Crippen MR) is 121 cm³/mol. The molecule has 2 aliphatic carbocycles. The number of hydrogen-bond acceptors (Lipinski definition) is 3. The largest absolute Gasteiger partial charge is 2.00 e. The van der Waals surface area contributed by atoms with Crippen molar-refractivity contribution in [2.24, 2.45) is 5.92 Å². The van der Waals surface area contributed by atoms with Gasteiger partial charge in [-0.1, -0.05) is 26.3 Å². The quantitative estimate of drug-likeness (QED) is 0.321. The van der Waals surface area contributed by atoms with Crippen LogP contribution in [0.3, 0.4) is 0 Å². The molecular weight excluding hydrogens is 561 g/mol. The summed E-state index contributed by atoms with van der Waals surface area (Å²) in [5.41, 5.74) is 5.84. The molecule has 0 amide bonds. The Hall–Kier alpha value is 1.26. The number of hydrogen-bond donors (Lipinski definition) is 0. The molecule has 2 heterocycles. The maximum atomic E-state index is 11.5. The molecule has 28 heavy (non-hydrogen) atoms. The molecule has 3 unspecified atom stereocenters. The Bertz CT molecular complexity index is 791. The number of carbonyl (C=O) groups excluding carboxylic acids is 1. The van der Waals surface area contributed by atoms with Crippen molar-refractivity contribution < 1.29 is 36.9 Å². The summed E-state index contributed by atoms with van der Waals surface area (Å²) in [5, 5.41) is 4.20. The van der Waals surface area contributed by atoms with Gasteiger partial charge in [0.25, 0.3) is 0 Å². The maximum absolute atomic E-state index is 11.5. The zero-order valence-corrected chi connectivity index (χ0v) is 26.4. The standard InChI is InChI=1S/C10H12S.C9H10OS.CH3.BrH.2ClH.Mg.Zn/c1-6-7(2)9-4-5-11-10(9)8(6)3;1-5-6(2)8(10)9-7(5)3-4-11-9;;;;;;/h4-5,7H,1-3H3;3-6H,1-2H3;1H3;3*1H;;/q;;-1;;;;2*+2/p-3. The summed E-state index contributed by atoms with van der Waals surface area (Å²) in [5.74, 6) is 1.64. The van der Waals surface area contributed by atoms with Gasteiger partial charge in [-0.2, -0.15) is 0 Å². The van der Waals surface area contributed by atoms with E-state index >= 15 is 0 Å².